The van der Waals surface area contributed by atoms with Crippen LogP contribution in [0.4, 0.5) is 4.39 Å². The van der Waals surface area contributed by atoms with E-state index in [1.165, 1.54) is 6.07 Å². The van der Waals surface area contributed by atoms with Gasteiger partial charge in [0.05, 0.1) is 15.5 Å². The first-order valence-corrected chi connectivity index (χ1v) is 5.70. The molecule has 5 heteroatoms. The predicted molar refractivity (Wildman–Crippen MR) is 64.4 cm³/mol. The highest BCUT2D eigenvalue weighted by Crippen LogP contribution is 2.27. The zero-order valence-electron chi connectivity index (χ0n) is 6.89. The Morgan fingerprint density at radius 1 is 1.43 bits per heavy atom. The molecule has 0 aliphatic heterocycles. The molecule has 0 saturated heterocycles. The Bertz CT molecular complexity index is 470. The van der Waals surface area contributed by atoms with Crippen LogP contribution in [-0.4, -0.2) is 10.2 Å². The van der Waals surface area contributed by atoms with Crippen LogP contribution in [0.5, 0.6) is 0 Å². The first kappa shape index (κ1) is 10.1. The fourth-order valence-electron chi connectivity index (χ4n) is 1.15. The van der Waals surface area contributed by atoms with E-state index in [1.54, 1.807) is 18.3 Å². The van der Waals surface area contributed by atoms with Gasteiger partial charge >= 0.3 is 0 Å². The molecule has 0 atom stereocenters. The minimum atomic E-state index is -0.262. The van der Waals surface area contributed by atoms with Crippen LogP contribution in [0.1, 0.15) is 0 Å². The molecule has 2 rings (SSSR count). The Balaban J connectivity index is 2.58. The number of benzene rings is 1. The molecular weight excluding hydrogens is 362 g/mol. The van der Waals surface area contributed by atoms with E-state index >= 15 is 0 Å². The van der Waals surface area contributed by atoms with Gasteiger partial charge in [0.25, 0.3) is 0 Å². The van der Waals surface area contributed by atoms with Crippen molar-refractivity contribution >= 4 is 38.5 Å². The average molecular weight is 367 g/mol. The van der Waals surface area contributed by atoms with Gasteiger partial charge in [0.2, 0.25) is 0 Å². The van der Waals surface area contributed by atoms with Gasteiger partial charge in [-0.1, -0.05) is 15.9 Å². The quantitative estimate of drug-likeness (QED) is 0.768. The molecule has 0 bridgehead atoms. The molecule has 0 aliphatic carbocycles. The Hall–Kier alpha value is -0.430. The molecular formula is C9H5BrFIN2. The summed E-state index contributed by atoms with van der Waals surface area (Å²) in [5.41, 5.74) is 1.26. The SMILES string of the molecule is Fc1cc(Br)ccc1-c1[nH]ncc1I. The van der Waals surface area contributed by atoms with Gasteiger partial charge in [0.15, 0.2) is 0 Å². The maximum Gasteiger partial charge on any atom is 0.133 e. The Morgan fingerprint density at radius 2 is 2.21 bits per heavy atom. The smallest absolute Gasteiger partial charge is 0.133 e. The van der Waals surface area contributed by atoms with Crippen LogP contribution in [0.3, 0.4) is 0 Å². The first-order valence-electron chi connectivity index (χ1n) is 3.83. The summed E-state index contributed by atoms with van der Waals surface area (Å²) in [6.07, 6.45) is 1.66. The number of hydrogen-bond donors (Lipinski definition) is 1. The third-order valence-electron chi connectivity index (χ3n) is 1.79. The van der Waals surface area contributed by atoms with Gasteiger partial charge in [0.1, 0.15) is 5.82 Å². The summed E-state index contributed by atoms with van der Waals surface area (Å²) in [4.78, 5) is 0. The fourth-order valence-corrected chi connectivity index (χ4v) is 2.04. The summed E-state index contributed by atoms with van der Waals surface area (Å²) in [6, 6.07) is 4.96. The van der Waals surface area contributed by atoms with Gasteiger partial charge in [-0.15, -0.1) is 0 Å². The minimum Gasteiger partial charge on any atom is -0.277 e. The van der Waals surface area contributed by atoms with Crippen LogP contribution in [0.2, 0.25) is 0 Å². The molecule has 0 fully saturated rings. The van der Waals surface area contributed by atoms with Crippen LogP contribution < -0.4 is 0 Å². The van der Waals surface area contributed by atoms with Gasteiger partial charge in [-0.05, 0) is 40.8 Å². The summed E-state index contributed by atoms with van der Waals surface area (Å²) in [5.74, 6) is -0.262. The van der Waals surface area contributed by atoms with E-state index in [1.807, 2.05) is 0 Å². The molecule has 0 aliphatic rings. The zero-order valence-corrected chi connectivity index (χ0v) is 10.6. The molecule has 2 nitrogen and oxygen atoms in total. The van der Waals surface area contributed by atoms with E-state index in [-0.39, 0.29) is 5.82 Å². The van der Waals surface area contributed by atoms with Crippen molar-refractivity contribution in [1.29, 1.82) is 0 Å². The van der Waals surface area contributed by atoms with Crippen molar-refractivity contribution in [3.63, 3.8) is 0 Å². The van der Waals surface area contributed by atoms with Crippen LogP contribution in [0.25, 0.3) is 11.3 Å². The van der Waals surface area contributed by atoms with Crippen LogP contribution in [0.15, 0.2) is 28.9 Å². The molecule has 1 N–H and O–H groups in total. The van der Waals surface area contributed by atoms with Crippen molar-refractivity contribution in [2.24, 2.45) is 0 Å². The van der Waals surface area contributed by atoms with E-state index in [9.17, 15) is 4.39 Å². The summed E-state index contributed by atoms with van der Waals surface area (Å²) in [7, 11) is 0. The van der Waals surface area contributed by atoms with Crippen molar-refractivity contribution in [2.75, 3.05) is 0 Å². The number of nitrogens with one attached hydrogen (secondary N) is 1. The maximum atomic E-state index is 13.5. The Kier molecular flexibility index (Phi) is 2.87. The van der Waals surface area contributed by atoms with Gasteiger partial charge in [0, 0.05) is 10.0 Å². The number of nitrogens with zero attached hydrogens (tertiary/aromatic N) is 1. The van der Waals surface area contributed by atoms with Crippen molar-refractivity contribution in [3.8, 4) is 11.3 Å². The largest absolute Gasteiger partial charge is 0.277 e. The second-order valence-corrected chi connectivity index (χ2v) is 4.79. The number of aromatic nitrogens is 2. The summed E-state index contributed by atoms with van der Waals surface area (Å²) >= 11 is 5.32. The Morgan fingerprint density at radius 3 is 2.79 bits per heavy atom. The van der Waals surface area contributed by atoms with Gasteiger partial charge in [-0.25, -0.2) is 4.39 Å². The van der Waals surface area contributed by atoms with Crippen molar-refractivity contribution < 1.29 is 4.39 Å². The third-order valence-corrected chi connectivity index (χ3v) is 3.10. The lowest BCUT2D eigenvalue weighted by Gasteiger charge is -2.01. The molecule has 1 aromatic carbocycles. The second kappa shape index (κ2) is 3.98. The molecule has 14 heavy (non-hydrogen) atoms. The first-order chi connectivity index (χ1) is 6.68. The normalized spacial score (nSPS) is 10.5. The molecule has 0 radical (unpaired) electrons. The standard InChI is InChI=1S/C9H5BrFIN2/c10-5-1-2-6(7(11)3-5)9-8(12)4-13-14-9/h1-4H,(H,13,14). The molecule has 1 heterocycles. The van der Waals surface area contributed by atoms with Crippen LogP contribution in [0, 0.1) is 9.39 Å². The lowest BCUT2D eigenvalue weighted by Crippen LogP contribution is -1.86. The van der Waals surface area contributed by atoms with E-state index in [0.717, 1.165) is 13.7 Å². The fraction of sp³-hybridized carbons (Fsp3) is 0. The summed E-state index contributed by atoms with van der Waals surface area (Å²) < 4.78 is 15.1. The topological polar surface area (TPSA) is 28.7 Å². The number of H-pyrrole nitrogens is 1. The highest BCUT2D eigenvalue weighted by molar-refractivity contribution is 14.1. The van der Waals surface area contributed by atoms with E-state index in [4.69, 9.17) is 0 Å². The number of hydrogen-bond acceptors (Lipinski definition) is 1. The van der Waals surface area contributed by atoms with Crippen molar-refractivity contribution in [3.05, 3.63) is 38.3 Å². The van der Waals surface area contributed by atoms with E-state index < -0.39 is 0 Å². The monoisotopic (exact) mass is 366 g/mol. The van der Waals surface area contributed by atoms with Gasteiger partial charge < -0.3 is 0 Å². The van der Waals surface area contributed by atoms with Crippen LogP contribution >= 0.6 is 38.5 Å². The third kappa shape index (κ3) is 1.83. The predicted octanol–water partition coefficient (Wildman–Crippen LogP) is 3.58. The second-order valence-electron chi connectivity index (χ2n) is 2.72. The molecule has 0 amide bonds. The zero-order chi connectivity index (χ0) is 10.1. The molecule has 0 unspecified atom stereocenters. The van der Waals surface area contributed by atoms with Gasteiger partial charge in [-0.2, -0.15) is 5.10 Å². The molecule has 0 saturated carbocycles. The summed E-state index contributed by atoms with van der Waals surface area (Å²) in [6.45, 7) is 0. The lowest BCUT2D eigenvalue weighted by molar-refractivity contribution is 0.629. The lowest BCUT2D eigenvalue weighted by atomic mass is 10.1. The minimum absolute atomic E-state index is 0.262. The number of aromatic amines is 1. The highest BCUT2D eigenvalue weighted by atomic mass is 127. The number of rotatable bonds is 1. The van der Waals surface area contributed by atoms with Crippen molar-refractivity contribution in [1.82, 2.24) is 10.2 Å². The van der Waals surface area contributed by atoms with Crippen LogP contribution in [-0.2, 0) is 0 Å². The Labute approximate surface area is 102 Å². The van der Waals surface area contributed by atoms with E-state index in [0.29, 0.717) is 5.56 Å². The van der Waals surface area contributed by atoms with Crippen molar-refractivity contribution in [2.45, 2.75) is 0 Å². The average Bonchev–Trinajstić information content (AvgIpc) is 2.52. The molecule has 72 valence electrons. The van der Waals surface area contributed by atoms with E-state index in [2.05, 4.69) is 48.7 Å². The molecule has 1 aromatic heterocycles. The maximum absolute atomic E-state index is 13.5. The highest BCUT2D eigenvalue weighted by Gasteiger charge is 2.10. The summed E-state index contributed by atoms with van der Waals surface area (Å²) in [5, 5.41) is 6.62. The molecule has 2 aromatic rings. The number of halogens is 3. The molecule has 0 spiro atoms. The van der Waals surface area contributed by atoms with Gasteiger partial charge in [-0.3, -0.25) is 5.10 Å².